The van der Waals surface area contributed by atoms with Crippen LogP contribution in [0.15, 0.2) is 0 Å². The predicted octanol–water partition coefficient (Wildman–Crippen LogP) is 1.82. The first-order valence-corrected chi connectivity index (χ1v) is 5.57. The third kappa shape index (κ3) is 8.48. The number of rotatable bonds is 10. The molecule has 0 aliphatic heterocycles. The molecule has 86 valence electrons. The highest BCUT2D eigenvalue weighted by atomic mass is 16.5. The van der Waals surface area contributed by atoms with Crippen LogP contribution in [0.5, 0.6) is 0 Å². The summed E-state index contributed by atoms with van der Waals surface area (Å²) >= 11 is 0. The first-order valence-electron chi connectivity index (χ1n) is 5.57. The molecule has 0 spiro atoms. The van der Waals surface area contributed by atoms with Crippen LogP contribution < -0.4 is 5.32 Å². The SMILES string of the molecule is CCCCCCNCC(COC)OC. The van der Waals surface area contributed by atoms with Crippen LogP contribution in [0.2, 0.25) is 0 Å². The van der Waals surface area contributed by atoms with E-state index in [9.17, 15) is 0 Å². The zero-order valence-electron chi connectivity index (χ0n) is 9.84. The summed E-state index contributed by atoms with van der Waals surface area (Å²) in [6.45, 7) is 4.87. The van der Waals surface area contributed by atoms with Crippen molar-refractivity contribution in [2.45, 2.75) is 38.7 Å². The van der Waals surface area contributed by atoms with E-state index in [1.54, 1.807) is 14.2 Å². The van der Waals surface area contributed by atoms with Crippen LogP contribution in [-0.4, -0.2) is 40.0 Å². The van der Waals surface area contributed by atoms with Gasteiger partial charge in [-0.2, -0.15) is 0 Å². The second kappa shape index (κ2) is 11.0. The summed E-state index contributed by atoms with van der Waals surface area (Å²) in [5.41, 5.74) is 0. The van der Waals surface area contributed by atoms with E-state index in [4.69, 9.17) is 9.47 Å². The minimum atomic E-state index is 0.186. The molecule has 0 aromatic rings. The molecule has 0 aromatic carbocycles. The van der Waals surface area contributed by atoms with Crippen molar-refractivity contribution < 1.29 is 9.47 Å². The van der Waals surface area contributed by atoms with Gasteiger partial charge in [0.25, 0.3) is 0 Å². The molecule has 0 amide bonds. The van der Waals surface area contributed by atoms with Crippen LogP contribution in [-0.2, 0) is 9.47 Å². The molecule has 0 aliphatic rings. The third-order valence-electron chi connectivity index (χ3n) is 2.27. The van der Waals surface area contributed by atoms with Crippen molar-refractivity contribution in [3.63, 3.8) is 0 Å². The molecule has 1 N–H and O–H groups in total. The Balaban J connectivity index is 3.15. The van der Waals surface area contributed by atoms with Crippen molar-refractivity contribution in [1.29, 1.82) is 0 Å². The molecule has 1 unspecified atom stereocenters. The minimum absolute atomic E-state index is 0.186. The smallest absolute Gasteiger partial charge is 0.0928 e. The predicted molar refractivity (Wildman–Crippen MR) is 59.7 cm³/mol. The van der Waals surface area contributed by atoms with Crippen molar-refractivity contribution in [3.8, 4) is 0 Å². The molecule has 3 nitrogen and oxygen atoms in total. The molecular weight excluding hydrogens is 178 g/mol. The summed E-state index contributed by atoms with van der Waals surface area (Å²) in [5, 5.41) is 3.38. The van der Waals surface area contributed by atoms with Gasteiger partial charge >= 0.3 is 0 Å². The third-order valence-corrected chi connectivity index (χ3v) is 2.27. The van der Waals surface area contributed by atoms with Gasteiger partial charge in [0, 0.05) is 20.8 Å². The van der Waals surface area contributed by atoms with Gasteiger partial charge in [-0.15, -0.1) is 0 Å². The van der Waals surface area contributed by atoms with E-state index in [1.165, 1.54) is 25.7 Å². The highest BCUT2D eigenvalue weighted by Crippen LogP contribution is 1.97. The Morgan fingerprint density at radius 1 is 1.14 bits per heavy atom. The van der Waals surface area contributed by atoms with E-state index < -0.39 is 0 Å². The Kier molecular flexibility index (Phi) is 10.9. The molecule has 3 heteroatoms. The molecule has 0 heterocycles. The molecule has 0 bridgehead atoms. The molecule has 0 saturated carbocycles. The molecular formula is C11H25NO2. The number of nitrogens with one attached hydrogen (secondary N) is 1. The van der Waals surface area contributed by atoms with Gasteiger partial charge in [0.1, 0.15) is 0 Å². The second-order valence-corrected chi connectivity index (χ2v) is 3.58. The molecule has 0 saturated heterocycles. The first kappa shape index (κ1) is 13.9. The molecule has 0 fully saturated rings. The zero-order valence-corrected chi connectivity index (χ0v) is 9.84. The lowest BCUT2D eigenvalue weighted by Crippen LogP contribution is -2.32. The maximum atomic E-state index is 5.23. The Labute approximate surface area is 88.2 Å². The van der Waals surface area contributed by atoms with Gasteiger partial charge in [-0.3, -0.25) is 0 Å². The van der Waals surface area contributed by atoms with Crippen LogP contribution in [0.1, 0.15) is 32.6 Å². The summed E-state index contributed by atoms with van der Waals surface area (Å²) in [6.07, 6.45) is 5.41. The molecule has 14 heavy (non-hydrogen) atoms. The van der Waals surface area contributed by atoms with Gasteiger partial charge in [0.2, 0.25) is 0 Å². The van der Waals surface area contributed by atoms with Crippen molar-refractivity contribution >= 4 is 0 Å². The Morgan fingerprint density at radius 2 is 1.93 bits per heavy atom. The fourth-order valence-corrected chi connectivity index (χ4v) is 1.34. The van der Waals surface area contributed by atoms with Crippen molar-refractivity contribution in [2.24, 2.45) is 0 Å². The van der Waals surface area contributed by atoms with E-state index in [1.807, 2.05) is 0 Å². The number of methoxy groups -OCH3 is 2. The highest BCUT2D eigenvalue weighted by molar-refractivity contribution is 4.59. The number of ether oxygens (including phenoxy) is 2. The normalized spacial score (nSPS) is 13.1. The van der Waals surface area contributed by atoms with Gasteiger partial charge in [0.05, 0.1) is 12.7 Å². The molecule has 0 aliphatic carbocycles. The zero-order chi connectivity index (χ0) is 10.6. The van der Waals surface area contributed by atoms with Gasteiger partial charge in [0.15, 0.2) is 0 Å². The van der Waals surface area contributed by atoms with Gasteiger partial charge < -0.3 is 14.8 Å². The summed E-state index contributed by atoms with van der Waals surface area (Å²) in [5.74, 6) is 0. The van der Waals surface area contributed by atoms with Crippen LogP contribution in [0.4, 0.5) is 0 Å². The quantitative estimate of drug-likeness (QED) is 0.549. The van der Waals surface area contributed by atoms with Crippen molar-refractivity contribution in [3.05, 3.63) is 0 Å². The molecule has 0 aromatic heterocycles. The minimum Gasteiger partial charge on any atom is -0.382 e. The van der Waals surface area contributed by atoms with E-state index in [2.05, 4.69) is 12.2 Å². The van der Waals surface area contributed by atoms with E-state index in [0.29, 0.717) is 6.61 Å². The number of hydrogen-bond donors (Lipinski definition) is 1. The fraction of sp³-hybridized carbons (Fsp3) is 1.00. The Bertz CT molecular complexity index is 109. The molecule has 0 rings (SSSR count). The fourth-order valence-electron chi connectivity index (χ4n) is 1.34. The average molecular weight is 203 g/mol. The number of unbranched alkanes of at least 4 members (excludes halogenated alkanes) is 3. The summed E-state index contributed by atoms with van der Waals surface area (Å²) in [6, 6.07) is 0. The summed E-state index contributed by atoms with van der Waals surface area (Å²) < 4.78 is 10.3. The Morgan fingerprint density at radius 3 is 2.50 bits per heavy atom. The molecule has 0 radical (unpaired) electrons. The average Bonchev–Trinajstić information content (AvgIpc) is 2.21. The van der Waals surface area contributed by atoms with Crippen molar-refractivity contribution in [2.75, 3.05) is 33.9 Å². The lowest BCUT2D eigenvalue weighted by molar-refractivity contribution is 0.0290. The topological polar surface area (TPSA) is 30.5 Å². The van der Waals surface area contributed by atoms with Crippen LogP contribution in [0.3, 0.4) is 0 Å². The lowest BCUT2D eigenvalue weighted by Gasteiger charge is -2.14. The highest BCUT2D eigenvalue weighted by Gasteiger charge is 2.04. The van der Waals surface area contributed by atoms with Gasteiger partial charge in [-0.1, -0.05) is 26.2 Å². The molecule has 1 atom stereocenters. The summed E-state index contributed by atoms with van der Waals surface area (Å²) in [7, 11) is 3.43. The first-order chi connectivity index (χ1) is 6.85. The van der Waals surface area contributed by atoms with E-state index in [0.717, 1.165) is 13.1 Å². The summed E-state index contributed by atoms with van der Waals surface area (Å²) in [4.78, 5) is 0. The van der Waals surface area contributed by atoms with Crippen molar-refractivity contribution in [1.82, 2.24) is 5.32 Å². The second-order valence-electron chi connectivity index (χ2n) is 3.58. The van der Waals surface area contributed by atoms with E-state index in [-0.39, 0.29) is 6.10 Å². The number of hydrogen-bond acceptors (Lipinski definition) is 3. The van der Waals surface area contributed by atoms with Gasteiger partial charge in [-0.25, -0.2) is 0 Å². The maximum Gasteiger partial charge on any atom is 0.0928 e. The van der Waals surface area contributed by atoms with E-state index >= 15 is 0 Å². The lowest BCUT2D eigenvalue weighted by atomic mass is 10.2. The standard InChI is InChI=1S/C11H25NO2/c1-4-5-6-7-8-12-9-11(14-3)10-13-2/h11-12H,4-10H2,1-3H3. The largest absolute Gasteiger partial charge is 0.382 e. The van der Waals surface area contributed by atoms with Crippen LogP contribution in [0.25, 0.3) is 0 Å². The maximum absolute atomic E-state index is 5.23. The van der Waals surface area contributed by atoms with Crippen LogP contribution in [0, 0.1) is 0 Å². The monoisotopic (exact) mass is 203 g/mol. The van der Waals surface area contributed by atoms with Crippen LogP contribution >= 0.6 is 0 Å². The van der Waals surface area contributed by atoms with Gasteiger partial charge in [-0.05, 0) is 13.0 Å². The Hall–Kier alpha value is -0.120.